The second-order valence-corrected chi connectivity index (χ2v) is 15.8. The fourth-order valence-corrected chi connectivity index (χ4v) is 7.85. The molecule has 320 valence electrons. The highest BCUT2D eigenvalue weighted by Crippen LogP contribution is 2.36. The van der Waals surface area contributed by atoms with Gasteiger partial charge < -0.3 is 21.3 Å². The molecule has 4 amide bonds. The van der Waals surface area contributed by atoms with E-state index < -0.39 is 0 Å². The molecule has 0 radical (unpaired) electrons. The molecule has 2 aliphatic rings. The molecule has 2 heterocycles. The monoisotopic (exact) mass is 828 g/mol. The summed E-state index contributed by atoms with van der Waals surface area (Å²) in [6.07, 6.45) is 16.5. The van der Waals surface area contributed by atoms with Crippen LogP contribution < -0.4 is 11.1 Å². The van der Waals surface area contributed by atoms with Crippen molar-refractivity contribution in [2.45, 2.75) is 117 Å². The van der Waals surface area contributed by atoms with E-state index in [-0.39, 0.29) is 30.2 Å². The summed E-state index contributed by atoms with van der Waals surface area (Å²) >= 11 is 6.20. The number of benzene rings is 4. The zero-order chi connectivity index (χ0) is 42.6. The Labute approximate surface area is 355 Å². The van der Waals surface area contributed by atoms with E-state index in [4.69, 9.17) is 27.5 Å². The van der Waals surface area contributed by atoms with Crippen molar-refractivity contribution in [3.63, 3.8) is 0 Å². The number of nitrogens with two attached hydrogens (primary N) is 1. The number of hydrogen-bond donors (Lipinski definition) is 4. The van der Waals surface area contributed by atoms with Crippen LogP contribution in [0.3, 0.4) is 0 Å². The lowest BCUT2D eigenvalue weighted by Crippen LogP contribution is -2.40. The minimum Gasteiger partial charge on any atom is -0.396 e. The number of rotatable bonds is 22. The zero-order valence-corrected chi connectivity index (χ0v) is 36.0. The second-order valence-electron chi connectivity index (χ2n) is 15.3. The largest absolute Gasteiger partial charge is 0.396 e. The van der Waals surface area contributed by atoms with Crippen LogP contribution in [0.1, 0.15) is 158 Å². The maximum Gasteiger partial charge on any atom is 0.261 e. The van der Waals surface area contributed by atoms with E-state index in [1.807, 2.05) is 42.5 Å². The van der Waals surface area contributed by atoms with Crippen molar-refractivity contribution in [3.8, 4) is 0 Å². The summed E-state index contributed by atoms with van der Waals surface area (Å²) in [6, 6.07) is 18.4. The molecule has 0 bridgehead atoms. The minimum absolute atomic E-state index is 0.175. The van der Waals surface area contributed by atoms with Crippen molar-refractivity contribution in [3.05, 3.63) is 87.9 Å². The Hall–Kier alpha value is -4.35. The molecule has 0 fully saturated rings. The molecule has 6 rings (SSSR count). The van der Waals surface area contributed by atoms with E-state index in [1.54, 1.807) is 18.2 Å². The SMILES string of the molecule is CCCCCCN1C(=O)c2cccc3c(Cl)ccc(c23)C1=O.CCCCCCN1C(=O)c2cccc3c(NCCCCCCO)ccc(c23)C1=O.NCCCCCCO. The van der Waals surface area contributed by atoms with Crippen molar-refractivity contribution in [1.29, 1.82) is 0 Å². The first-order chi connectivity index (χ1) is 28.7. The van der Waals surface area contributed by atoms with Crippen LogP contribution in [-0.4, -0.2) is 83.0 Å². The summed E-state index contributed by atoms with van der Waals surface area (Å²) in [7, 11) is 0. The summed E-state index contributed by atoms with van der Waals surface area (Å²) in [4.78, 5) is 54.1. The van der Waals surface area contributed by atoms with Crippen LogP contribution in [0.5, 0.6) is 0 Å². The quantitative estimate of drug-likeness (QED) is 0.0451. The van der Waals surface area contributed by atoms with Gasteiger partial charge in [0.2, 0.25) is 0 Å². The second kappa shape index (κ2) is 25.3. The summed E-state index contributed by atoms with van der Waals surface area (Å²) in [5.41, 5.74) is 8.61. The number of carbonyl (C=O) groups excluding carboxylic acids is 4. The van der Waals surface area contributed by atoms with E-state index in [1.165, 1.54) is 9.80 Å². The van der Waals surface area contributed by atoms with Gasteiger partial charge in [-0.15, -0.1) is 0 Å². The lowest BCUT2D eigenvalue weighted by molar-refractivity contribution is 0.0592. The van der Waals surface area contributed by atoms with Crippen molar-refractivity contribution in [2.75, 3.05) is 44.7 Å². The predicted octanol–water partition coefficient (Wildman–Crippen LogP) is 10.1. The van der Waals surface area contributed by atoms with Crippen molar-refractivity contribution >= 4 is 62.5 Å². The van der Waals surface area contributed by atoms with Gasteiger partial charge in [0.1, 0.15) is 0 Å². The molecular formula is C48H65ClN4O6. The summed E-state index contributed by atoms with van der Waals surface area (Å²) in [5, 5.41) is 24.4. The van der Waals surface area contributed by atoms with Gasteiger partial charge in [0.15, 0.2) is 0 Å². The zero-order valence-electron chi connectivity index (χ0n) is 35.2. The maximum absolute atomic E-state index is 13.0. The number of aliphatic hydroxyl groups is 2. The molecule has 0 aromatic heterocycles. The molecular weight excluding hydrogens is 764 g/mol. The summed E-state index contributed by atoms with van der Waals surface area (Å²) in [5.74, 6) is -0.764. The number of anilines is 1. The van der Waals surface area contributed by atoms with Gasteiger partial charge in [-0.25, -0.2) is 0 Å². The predicted molar refractivity (Wildman–Crippen MR) is 241 cm³/mol. The molecule has 0 atom stereocenters. The molecule has 0 unspecified atom stereocenters. The number of halogens is 1. The van der Waals surface area contributed by atoms with Crippen LogP contribution in [0, 0.1) is 0 Å². The molecule has 0 saturated carbocycles. The highest BCUT2D eigenvalue weighted by atomic mass is 35.5. The molecule has 4 aromatic rings. The first-order valence-corrected chi connectivity index (χ1v) is 22.3. The average Bonchev–Trinajstić information content (AvgIpc) is 3.25. The standard InChI is InChI=1S/C24H32N2O3.C18H18ClNO2.C6H15NO/c1-2-3-4-8-16-26-23(28)19-12-10-11-18-21(25-15-7-5-6-9-17-27)14-13-20(22(18)19)24(26)29;1-2-3-4-5-11-20-17(21)13-8-6-7-12-15(19)10-9-14(16(12)13)18(20)22;7-5-3-1-2-4-6-8/h10-14,25,27H,2-9,15-17H2,1H3;6-10H,2-5,11H2,1H3;8H,1-7H2. The molecule has 0 aliphatic carbocycles. The number of amides is 4. The number of nitrogens with zero attached hydrogens (tertiary/aromatic N) is 2. The first kappa shape index (κ1) is 47.3. The Kier molecular flexibility index (Phi) is 20.3. The average molecular weight is 830 g/mol. The molecule has 5 N–H and O–H groups in total. The Morgan fingerprint density at radius 1 is 0.525 bits per heavy atom. The number of nitrogens with one attached hydrogen (secondary N) is 1. The number of imide groups is 2. The molecule has 0 saturated heterocycles. The third kappa shape index (κ3) is 12.6. The lowest BCUT2D eigenvalue weighted by atomic mass is 9.92. The van der Waals surface area contributed by atoms with Crippen molar-refractivity contribution in [1.82, 2.24) is 9.80 Å². The Balaban J connectivity index is 0.000000226. The Morgan fingerprint density at radius 2 is 0.966 bits per heavy atom. The third-order valence-electron chi connectivity index (χ3n) is 10.9. The minimum atomic E-state index is -0.207. The number of hydrogen-bond acceptors (Lipinski definition) is 8. The first-order valence-electron chi connectivity index (χ1n) is 21.9. The molecule has 10 nitrogen and oxygen atoms in total. The van der Waals surface area contributed by atoms with Gasteiger partial charge in [-0.3, -0.25) is 29.0 Å². The normalized spacial score (nSPS) is 13.1. The topological polar surface area (TPSA) is 153 Å². The number of aliphatic hydroxyl groups excluding tert-OH is 2. The maximum atomic E-state index is 13.0. The molecule has 11 heteroatoms. The van der Waals surface area contributed by atoms with Crippen LogP contribution >= 0.6 is 11.6 Å². The van der Waals surface area contributed by atoms with E-state index in [0.29, 0.717) is 52.4 Å². The van der Waals surface area contributed by atoms with Crippen molar-refractivity contribution < 1.29 is 29.4 Å². The van der Waals surface area contributed by atoms with Gasteiger partial charge in [0.25, 0.3) is 23.6 Å². The van der Waals surface area contributed by atoms with E-state index in [9.17, 15) is 19.2 Å². The van der Waals surface area contributed by atoms with Crippen LogP contribution in [0.2, 0.25) is 5.02 Å². The van der Waals surface area contributed by atoms with Crippen LogP contribution in [0.25, 0.3) is 21.5 Å². The van der Waals surface area contributed by atoms with E-state index >= 15 is 0 Å². The van der Waals surface area contributed by atoms with Crippen LogP contribution in [0.15, 0.2) is 60.7 Å². The Bertz CT molecular complexity index is 1950. The molecule has 2 aliphatic heterocycles. The van der Waals surface area contributed by atoms with E-state index in [0.717, 1.165) is 138 Å². The third-order valence-corrected chi connectivity index (χ3v) is 11.2. The summed E-state index contributed by atoms with van der Waals surface area (Å²) < 4.78 is 0. The number of unbranched alkanes of at least 4 members (excludes halogenated alkanes) is 12. The molecule has 4 aromatic carbocycles. The fraction of sp³-hybridized carbons (Fsp3) is 0.500. The highest BCUT2D eigenvalue weighted by Gasteiger charge is 2.34. The Morgan fingerprint density at radius 3 is 1.47 bits per heavy atom. The number of carbonyl (C=O) groups is 4. The van der Waals surface area contributed by atoms with Gasteiger partial charge in [-0.2, -0.15) is 0 Å². The summed E-state index contributed by atoms with van der Waals surface area (Å²) in [6.45, 7) is 7.44. The van der Waals surface area contributed by atoms with Gasteiger partial charge in [0, 0.05) is 87.4 Å². The van der Waals surface area contributed by atoms with Crippen LogP contribution in [0.4, 0.5) is 5.69 Å². The van der Waals surface area contributed by atoms with E-state index in [2.05, 4.69) is 19.2 Å². The molecule has 59 heavy (non-hydrogen) atoms. The van der Waals surface area contributed by atoms with Crippen molar-refractivity contribution in [2.24, 2.45) is 5.73 Å². The molecule has 0 spiro atoms. The highest BCUT2D eigenvalue weighted by molar-refractivity contribution is 6.38. The van der Waals surface area contributed by atoms with Gasteiger partial charge in [-0.05, 0) is 81.5 Å². The van der Waals surface area contributed by atoms with Gasteiger partial charge >= 0.3 is 0 Å². The van der Waals surface area contributed by atoms with Crippen LogP contribution in [-0.2, 0) is 0 Å². The van der Waals surface area contributed by atoms with Gasteiger partial charge in [0.05, 0.1) is 0 Å². The fourth-order valence-electron chi connectivity index (χ4n) is 7.63. The smallest absolute Gasteiger partial charge is 0.261 e. The lowest BCUT2D eigenvalue weighted by Gasteiger charge is -2.28. The van der Waals surface area contributed by atoms with Gasteiger partial charge in [-0.1, -0.05) is 114 Å².